The van der Waals surface area contributed by atoms with Crippen molar-refractivity contribution in [2.45, 2.75) is 104 Å². The maximum atomic E-state index is 11.7. The van der Waals surface area contributed by atoms with E-state index in [0.717, 1.165) is 25.7 Å². The molecule has 2 unspecified atom stereocenters. The van der Waals surface area contributed by atoms with Crippen molar-refractivity contribution in [2.24, 2.45) is 0 Å². The van der Waals surface area contributed by atoms with E-state index in [1.165, 1.54) is 38.5 Å². The second kappa shape index (κ2) is 16.9. The molecule has 0 saturated heterocycles. The average molecular weight is 364 g/mol. The second-order valence-electron chi connectivity index (χ2n) is 5.75. The summed E-state index contributed by atoms with van der Waals surface area (Å²) in [5.74, 6) is 0. The molecule has 0 N–H and O–H groups in total. The largest absolute Gasteiger partial charge is 2.00 e. The Bertz CT molecular complexity index is 218. The van der Waals surface area contributed by atoms with E-state index >= 15 is 0 Å². The fourth-order valence-electron chi connectivity index (χ4n) is 2.14. The first-order chi connectivity index (χ1) is 9.60. The van der Waals surface area contributed by atoms with Crippen molar-refractivity contribution in [3.8, 4) is 0 Å². The van der Waals surface area contributed by atoms with Crippen LogP contribution in [0.1, 0.15) is 91.9 Å². The fourth-order valence-corrected chi connectivity index (χ4v) is 2.99. The zero-order valence-corrected chi connectivity index (χ0v) is 16.2. The molecule has 3 nitrogen and oxygen atoms in total. The molecule has 0 amide bonds. The quantitative estimate of drug-likeness (QED) is 0.264. The Morgan fingerprint density at radius 1 is 0.762 bits per heavy atom. The zero-order valence-electron chi connectivity index (χ0n) is 14.2. The smallest absolute Gasteiger partial charge is 0.116 e. The normalized spacial score (nSPS) is 14.4. The molecule has 0 aliphatic heterocycles. The van der Waals surface area contributed by atoms with E-state index in [1.807, 2.05) is 13.8 Å². The van der Waals surface area contributed by atoms with Crippen LogP contribution >= 0.6 is 8.25 Å². The van der Waals surface area contributed by atoms with Gasteiger partial charge in [0.1, 0.15) is 12.2 Å². The third-order valence-corrected chi connectivity index (χ3v) is 4.52. The minimum atomic E-state index is -1.96. The first-order valence-corrected chi connectivity index (χ1v) is 9.50. The number of unbranched alkanes of at least 4 members (excludes halogenated alkanes) is 6. The Morgan fingerprint density at radius 3 is 1.48 bits per heavy atom. The minimum absolute atomic E-state index is 0. The van der Waals surface area contributed by atoms with Gasteiger partial charge < -0.3 is 0 Å². The van der Waals surface area contributed by atoms with Gasteiger partial charge in [-0.05, 0) is 26.7 Å². The Balaban J connectivity index is 0. The molecule has 0 rings (SSSR count). The average Bonchev–Trinajstić information content (AvgIpc) is 2.39. The van der Waals surface area contributed by atoms with Crippen molar-refractivity contribution < 1.29 is 30.4 Å². The predicted octanol–water partition coefficient (Wildman–Crippen LogP) is 6.39. The topological polar surface area (TPSA) is 35.5 Å². The molecule has 21 heavy (non-hydrogen) atoms. The van der Waals surface area contributed by atoms with Gasteiger partial charge in [-0.25, -0.2) is 0 Å². The van der Waals surface area contributed by atoms with E-state index in [1.54, 1.807) is 0 Å². The summed E-state index contributed by atoms with van der Waals surface area (Å²) in [5.41, 5.74) is 0. The van der Waals surface area contributed by atoms with Gasteiger partial charge in [0.25, 0.3) is 0 Å². The first kappa shape index (κ1) is 23.8. The van der Waals surface area contributed by atoms with E-state index in [0.29, 0.717) is 0 Å². The molecule has 0 aliphatic rings. The van der Waals surface area contributed by atoms with Crippen LogP contribution in [-0.4, -0.2) is 12.2 Å². The molecular formula is C16H34CoO3P+3. The van der Waals surface area contributed by atoms with Crippen molar-refractivity contribution in [1.82, 2.24) is 0 Å². The van der Waals surface area contributed by atoms with Gasteiger partial charge in [0.05, 0.1) is 0 Å². The van der Waals surface area contributed by atoms with E-state index in [-0.39, 0.29) is 29.0 Å². The summed E-state index contributed by atoms with van der Waals surface area (Å²) >= 11 is 0. The molecule has 0 aromatic rings. The standard InChI is InChI=1S/C16H34O3P.Co/c1-5-7-9-11-13-15(3)18-20(17)19-16(4)14-12-10-8-6-2;/h15-16H,5-14H2,1-4H3;/q+1;+2. The van der Waals surface area contributed by atoms with Crippen LogP contribution in [0, 0.1) is 0 Å². The minimum Gasteiger partial charge on any atom is -0.116 e. The second-order valence-corrected chi connectivity index (χ2v) is 6.62. The molecule has 5 heteroatoms. The van der Waals surface area contributed by atoms with Gasteiger partial charge in [-0.2, -0.15) is 0 Å². The first-order valence-electron chi connectivity index (χ1n) is 8.40. The number of hydrogen-bond acceptors (Lipinski definition) is 3. The fraction of sp³-hybridized carbons (Fsp3) is 1.00. The molecule has 0 heterocycles. The Kier molecular flexibility index (Phi) is 19.1. The summed E-state index contributed by atoms with van der Waals surface area (Å²) in [7, 11) is -1.96. The summed E-state index contributed by atoms with van der Waals surface area (Å²) in [6.45, 7) is 8.36. The van der Waals surface area contributed by atoms with Gasteiger partial charge in [0.15, 0.2) is 0 Å². The van der Waals surface area contributed by atoms with E-state index in [2.05, 4.69) is 13.8 Å². The third-order valence-electron chi connectivity index (χ3n) is 3.46. The molecule has 1 radical (unpaired) electrons. The molecule has 127 valence electrons. The van der Waals surface area contributed by atoms with Crippen molar-refractivity contribution >= 4 is 8.25 Å². The van der Waals surface area contributed by atoms with Crippen molar-refractivity contribution in [1.29, 1.82) is 0 Å². The summed E-state index contributed by atoms with van der Waals surface area (Å²) in [6, 6.07) is 0. The van der Waals surface area contributed by atoms with Crippen LogP contribution < -0.4 is 0 Å². The molecular weight excluding hydrogens is 330 g/mol. The number of hydrogen-bond donors (Lipinski definition) is 0. The molecule has 0 aromatic carbocycles. The molecule has 0 fully saturated rings. The van der Waals surface area contributed by atoms with Crippen LogP contribution in [0.25, 0.3) is 0 Å². The van der Waals surface area contributed by atoms with Crippen LogP contribution in [0.5, 0.6) is 0 Å². The molecule has 0 aromatic heterocycles. The van der Waals surface area contributed by atoms with Gasteiger partial charge >= 0.3 is 25.0 Å². The summed E-state index contributed by atoms with van der Waals surface area (Å²) < 4.78 is 22.6. The molecule has 2 atom stereocenters. The van der Waals surface area contributed by atoms with Gasteiger partial charge in [-0.15, -0.1) is 9.05 Å². The summed E-state index contributed by atoms with van der Waals surface area (Å²) in [6.07, 6.45) is 11.8. The molecule has 0 saturated carbocycles. The SMILES string of the molecule is CCCCCCC(C)O[P+](=O)OC(C)CCCCCC.[Co+2]. The Morgan fingerprint density at radius 2 is 1.14 bits per heavy atom. The Hall–Kier alpha value is 0.526. The van der Waals surface area contributed by atoms with Gasteiger partial charge in [0.2, 0.25) is 0 Å². The number of rotatable bonds is 14. The van der Waals surface area contributed by atoms with Gasteiger partial charge in [-0.3, -0.25) is 0 Å². The van der Waals surface area contributed by atoms with Crippen molar-refractivity contribution in [2.75, 3.05) is 0 Å². The van der Waals surface area contributed by atoms with Crippen molar-refractivity contribution in [3.05, 3.63) is 0 Å². The van der Waals surface area contributed by atoms with Gasteiger partial charge in [-0.1, -0.05) is 65.2 Å². The maximum absolute atomic E-state index is 11.7. The molecule has 0 spiro atoms. The van der Waals surface area contributed by atoms with Crippen LogP contribution in [0.4, 0.5) is 0 Å². The van der Waals surface area contributed by atoms with E-state index < -0.39 is 8.25 Å². The van der Waals surface area contributed by atoms with Gasteiger partial charge in [0, 0.05) is 4.57 Å². The third kappa shape index (κ3) is 16.7. The monoisotopic (exact) mass is 364 g/mol. The molecule has 0 aliphatic carbocycles. The van der Waals surface area contributed by atoms with Crippen LogP contribution in [0.3, 0.4) is 0 Å². The maximum Gasteiger partial charge on any atom is 2.00 e. The summed E-state index contributed by atoms with van der Waals surface area (Å²) in [4.78, 5) is 0. The van der Waals surface area contributed by atoms with Crippen LogP contribution in [-0.2, 0) is 30.4 Å². The predicted molar refractivity (Wildman–Crippen MR) is 86.2 cm³/mol. The van der Waals surface area contributed by atoms with Crippen LogP contribution in [0.2, 0.25) is 0 Å². The van der Waals surface area contributed by atoms with E-state index in [9.17, 15) is 4.57 Å². The van der Waals surface area contributed by atoms with Crippen LogP contribution in [0.15, 0.2) is 0 Å². The molecule has 0 bridgehead atoms. The Labute approximate surface area is 143 Å². The zero-order chi connectivity index (χ0) is 15.2. The summed E-state index contributed by atoms with van der Waals surface area (Å²) in [5, 5.41) is 0. The van der Waals surface area contributed by atoms with E-state index in [4.69, 9.17) is 9.05 Å². The van der Waals surface area contributed by atoms with Crippen molar-refractivity contribution in [3.63, 3.8) is 0 Å².